The Labute approximate surface area is 180 Å². The maximum Gasteiger partial charge on any atom is 0.312 e. The number of nitrogens with one attached hydrogen (secondary N) is 2. The number of aryl methyl sites for hydroxylation is 1. The van der Waals surface area contributed by atoms with Crippen molar-refractivity contribution < 1.29 is 19.4 Å². The number of rotatable bonds is 9. The van der Waals surface area contributed by atoms with Crippen molar-refractivity contribution in [2.24, 2.45) is 0 Å². The van der Waals surface area contributed by atoms with Crippen LogP contribution in [0, 0.1) is 6.92 Å². The lowest BCUT2D eigenvalue weighted by atomic mass is 10.1. The van der Waals surface area contributed by atoms with Crippen molar-refractivity contribution in [2.75, 3.05) is 17.2 Å². The Hall–Kier alpha value is -2.06. The maximum absolute atomic E-state index is 11.6. The van der Waals surface area contributed by atoms with Crippen LogP contribution >= 0.6 is 31.9 Å². The van der Waals surface area contributed by atoms with E-state index in [1.54, 1.807) is 12.1 Å². The van der Waals surface area contributed by atoms with Gasteiger partial charge in [-0.2, -0.15) is 0 Å². The molecule has 0 saturated carbocycles. The van der Waals surface area contributed by atoms with Crippen LogP contribution in [0.15, 0.2) is 39.3 Å². The van der Waals surface area contributed by atoms with Crippen LogP contribution in [0.2, 0.25) is 0 Å². The molecule has 0 atom stereocenters. The highest BCUT2D eigenvalue weighted by molar-refractivity contribution is 9.11. The molecule has 2 aromatic rings. The zero-order valence-electron chi connectivity index (χ0n) is 15.6. The van der Waals surface area contributed by atoms with Crippen molar-refractivity contribution in [2.45, 2.75) is 33.3 Å². The predicted octanol–water partition coefficient (Wildman–Crippen LogP) is 5.33. The third kappa shape index (κ3) is 6.83. The molecule has 2 aromatic carbocycles. The number of benzene rings is 2. The number of hydrogen-bond acceptors (Lipinski definition) is 4. The van der Waals surface area contributed by atoms with Gasteiger partial charge in [-0.05, 0) is 80.6 Å². The van der Waals surface area contributed by atoms with Crippen molar-refractivity contribution in [3.8, 4) is 5.75 Å². The van der Waals surface area contributed by atoms with Gasteiger partial charge in [0.1, 0.15) is 18.8 Å². The quantitative estimate of drug-likeness (QED) is 0.394. The van der Waals surface area contributed by atoms with E-state index < -0.39 is 18.3 Å². The molecule has 6 nitrogen and oxygen atoms in total. The molecule has 0 aliphatic heterocycles. The number of aliphatic carboxylic acids is 1. The van der Waals surface area contributed by atoms with E-state index >= 15 is 0 Å². The summed E-state index contributed by atoms with van der Waals surface area (Å²) >= 11 is 6.88. The highest BCUT2D eigenvalue weighted by Crippen LogP contribution is 2.37. The monoisotopic (exact) mass is 512 g/mol. The van der Waals surface area contributed by atoms with Crippen LogP contribution in [0.1, 0.15) is 30.9 Å². The lowest BCUT2D eigenvalue weighted by Gasteiger charge is -2.14. The third-order valence-electron chi connectivity index (χ3n) is 3.69. The first-order valence-electron chi connectivity index (χ1n) is 8.76. The number of hydrogen-bond donors (Lipinski definition) is 3. The Kier molecular flexibility index (Phi) is 8.32. The van der Waals surface area contributed by atoms with Crippen LogP contribution in [0.5, 0.6) is 5.75 Å². The molecule has 0 fully saturated rings. The fraction of sp³-hybridized carbons (Fsp3) is 0.300. The number of ether oxygens (including phenoxy) is 1. The first kappa shape index (κ1) is 22.2. The van der Waals surface area contributed by atoms with Crippen LogP contribution in [0.3, 0.4) is 0 Å². The molecule has 0 aliphatic rings. The van der Waals surface area contributed by atoms with Gasteiger partial charge in [0.2, 0.25) is 5.91 Å². The molecule has 150 valence electrons. The standard InChI is InChI=1S/C20H22Br2N2O4/c1-3-4-23-14-6-12(2)5-13(7-14)11-28-20-16(21)8-15(9-17(20)22)24-18(25)10-19(26)27/h5-9,23H,3-4,10-11H2,1-2H3,(H,24,25)(H,26,27). The summed E-state index contributed by atoms with van der Waals surface area (Å²) < 4.78 is 7.25. The van der Waals surface area contributed by atoms with E-state index in [4.69, 9.17) is 9.84 Å². The van der Waals surface area contributed by atoms with Crippen molar-refractivity contribution in [1.82, 2.24) is 0 Å². The predicted molar refractivity (Wildman–Crippen MR) is 117 cm³/mol. The molecule has 3 N–H and O–H groups in total. The minimum atomic E-state index is -1.18. The van der Waals surface area contributed by atoms with Crippen LogP contribution in [-0.2, 0) is 16.2 Å². The number of anilines is 2. The molecule has 0 aromatic heterocycles. The second-order valence-corrected chi connectivity index (χ2v) is 8.02. The minimum absolute atomic E-state index is 0.379. The van der Waals surface area contributed by atoms with E-state index in [1.807, 2.05) is 6.92 Å². The van der Waals surface area contributed by atoms with E-state index in [-0.39, 0.29) is 0 Å². The molecule has 8 heteroatoms. The molecular weight excluding hydrogens is 492 g/mol. The summed E-state index contributed by atoms with van der Waals surface area (Å²) in [6, 6.07) is 9.57. The van der Waals surface area contributed by atoms with Crippen LogP contribution in [0.25, 0.3) is 0 Å². The summed E-state index contributed by atoms with van der Waals surface area (Å²) in [5.41, 5.74) is 3.72. The molecule has 28 heavy (non-hydrogen) atoms. The molecular formula is C20H22Br2N2O4. The van der Waals surface area contributed by atoms with E-state index in [0.717, 1.165) is 29.8 Å². The normalized spacial score (nSPS) is 10.4. The molecule has 0 unspecified atom stereocenters. The maximum atomic E-state index is 11.6. The first-order chi connectivity index (χ1) is 13.3. The molecule has 0 heterocycles. The first-order valence-corrected chi connectivity index (χ1v) is 10.3. The van der Waals surface area contributed by atoms with E-state index in [9.17, 15) is 9.59 Å². The number of carbonyl (C=O) groups excluding carboxylic acids is 1. The molecule has 0 aliphatic carbocycles. The number of carboxylic acids is 1. The fourth-order valence-corrected chi connectivity index (χ4v) is 4.00. The topological polar surface area (TPSA) is 87.7 Å². The molecule has 0 bridgehead atoms. The molecule has 0 saturated heterocycles. The second kappa shape index (κ2) is 10.5. The van der Waals surface area contributed by atoms with Gasteiger partial charge in [-0.3, -0.25) is 9.59 Å². The lowest BCUT2D eigenvalue weighted by molar-refractivity contribution is -0.139. The summed E-state index contributed by atoms with van der Waals surface area (Å²) in [5.74, 6) is -1.17. The smallest absolute Gasteiger partial charge is 0.312 e. The largest absolute Gasteiger partial charge is 0.487 e. The number of amides is 1. The zero-order valence-corrected chi connectivity index (χ0v) is 18.8. The number of halogens is 2. The van der Waals surface area contributed by atoms with Gasteiger partial charge >= 0.3 is 5.97 Å². The summed E-state index contributed by atoms with van der Waals surface area (Å²) in [4.78, 5) is 22.2. The Bertz CT molecular complexity index is 848. The molecule has 1 amide bonds. The van der Waals surface area contributed by atoms with Crippen LogP contribution in [0.4, 0.5) is 11.4 Å². The van der Waals surface area contributed by atoms with Crippen LogP contribution < -0.4 is 15.4 Å². The van der Waals surface area contributed by atoms with Gasteiger partial charge in [0.15, 0.2) is 0 Å². The van der Waals surface area contributed by atoms with Crippen LogP contribution in [-0.4, -0.2) is 23.5 Å². The summed E-state index contributed by atoms with van der Waals surface area (Å²) in [6.07, 6.45) is 0.463. The number of carboxylic acid groups (broad SMARTS) is 1. The van der Waals surface area contributed by atoms with Gasteiger partial charge in [-0.15, -0.1) is 0 Å². The second-order valence-electron chi connectivity index (χ2n) is 6.31. The highest BCUT2D eigenvalue weighted by atomic mass is 79.9. The Morgan fingerprint density at radius 2 is 1.75 bits per heavy atom. The molecule has 0 radical (unpaired) electrons. The van der Waals surface area contributed by atoms with Crippen molar-refractivity contribution in [1.29, 1.82) is 0 Å². The van der Waals surface area contributed by atoms with Gasteiger partial charge in [-0.1, -0.05) is 13.0 Å². The average molecular weight is 514 g/mol. The SMILES string of the molecule is CCCNc1cc(C)cc(COc2c(Br)cc(NC(=O)CC(=O)O)cc2Br)c1. The zero-order chi connectivity index (χ0) is 20.7. The summed E-state index contributed by atoms with van der Waals surface area (Å²) in [6.45, 7) is 5.46. The molecule has 0 spiro atoms. The van der Waals surface area contributed by atoms with Gasteiger partial charge < -0.3 is 20.5 Å². The minimum Gasteiger partial charge on any atom is -0.487 e. The molecule has 2 rings (SSSR count). The van der Waals surface area contributed by atoms with Crippen molar-refractivity contribution in [3.05, 3.63) is 50.4 Å². The number of carbonyl (C=O) groups is 2. The Morgan fingerprint density at radius 3 is 2.36 bits per heavy atom. The van der Waals surface area contributed by atoms with Crippen molar-refractivity contribution >= 4 is 55.1 Å². The fourth-order valence-electron chi connectivity index (χ4n) is 2.59. The Morgan fingerprint density at radius 1 is 1.07 bits per heavy atom. The van der Waals surface area contributed by atoms with Gasteiger partial charge in [0.25, 0.3) is 0 Å². The third-order valence-corrected chi connectivity index (χ3v) is 4.87. The lowest BCUT2D eigenvalue weighted by Crippen LogP contribution is -2.16. The van der Waals surface area contributed by atoms with E-state index in [1.165, 1.54) is 0 Å². The van der Waals surface area contributed by atoms with Gasteiger partial charge in [-0.25, -0.2) is 0 Å². The van der Waals surface area contributed by atoms with Gasteiger partial charge in [0, 0.05) is 17.9 Å². The van der Waals surface area contributed by atoms with E-state index in [0.29, 0.717) is 27.0 Å². The van der Waals surface area contributed by atoms with Gasteiger partial charge in [0.05, 0.1) is 8.95 Å². The Balaban J connectivity index is 2.09. The summed E-state index contributed by atoms with van der Waals surface area (Å²) in [7, 11) is 0. The van der Waals surface area contributed by atoms with E-state index in [2.05, 4.69) is 67.6 Å². The highest BCUT2D eigenvalue weighted by Gasteiger charge is 2.13. The summed E-state index contributed by atoms with van der Waals surface area (Å²) in [5, 5.41) is 14.6. The average Bonchev–Trinajstić information content (AvgIpc) is 2.58. The van der Waals surface area contributed by atoms with Crippen molar-refractivity contribution in [3.63, 3.8) is 0 Å².